The Balaban J connectivity index is 1.41. The van der Waals surface area contributed by atoms with E-state index in [1.54, 1.807) is 18.4 Å². The highest BCUT2D eigenvalue weighted by Gasteiger charge is 2.28. The molecule has 2 N–H and O–H groups in total. The normalized spacial score (nSPS) is 17.1. The first-order chi connectivity index (χ1) is 12.6. The fourth-order valence-electron chi connectivity index (χ4n) is 3.50. The summed E-state index contributed by atoms with van der Waals surface area (Å²) in [5.41, 5.74) is 8.76. The zero-order chi connectivity index (χ0) is 18.1. The Morgan fingerprint density at radius 1 is 1.04 bits per heavy atom. The van der Waals surface area contributed by atoms with Gasteiger partial charge in [0.25, 0.3) is 5.91 Å². The number of primary amides is 1. The van der Waals surface area contributed by atoms with E-state index in [-0.39, 0.29) is 5.91 Å². The summed E-state index contributed by atoms with van der Waals surface area (Å²) >= 11 is 0. The number of hydrogen-bond donors (Lipinski definition) is 1. The van der Waals surface area contributed by atoms with Crippen LogP contribution in [0, 0.1) is 0 Å². The van der Waals surface area contributed by atoms with Crippen LogP contribution < -0.4 is 10.6 Å². The van der Waals surface area contributed by atoms with Crippen LogP contribution in [0.2, 0.25) is 0 Å². The molecule has 0 saturated carbocycles. The van der Waals surface area contributed by atoms with E-state index < -0.39 is 5.91 Å². The maximum absolute atomic E-state index is 12.8. The summed E-state index contributed by atoms with van der Waals surface area (Å²) in [4.78, 5) is 28.0. The molecule has 0 spiro atoms. The fourth-order valence-corrected chi connectivity index (χ4v) is 3.50. The van der Waals surface area contributed by atoms with E-state index in [4.69, 9.17) is 14.9 Å². The monoisotopic (exact) mass is 355 g/mol. The van der Waals surface area contributed by atoms with E-state index >= 15 is 0 Å². The maximum Gasteiger partial charge on any atom is 0.289 e. The van der Waals surface area contributed by atoms with E-state index in [1.165, 1.54) is 0 Å². The number of carbonyl (C=O) groups excluding carboxylic acids is 2. The second kappa shape index (κ2) is 6.84. The number of hydrogen-bond acceptors (Lipinski definition) is 5. The molecule has 1 fully saturated rings. The molecule has 2 amide bonds. The molecule has 0 aliphatic carbocycles. The SMILES string of the molecule is NC(=O)c1ccc(N2CCN(C(=O)c3occ4c3CCOC4)CC2)cc1. The van der Waals surface area contributed by atoms with Gasteiger partial charge in [0.1, 0.15) is 0 Å². The quantitative estimate of drug-likeness (QED) is 0.899. The van der Waals surface area contributed by atoms with Crippen molar-refractivity contribution in [1.82, 2.24) is 4.90 Å². The summed E-state index contributed by atoms with van der Waals surface area (Å²) in [6, 6.07) is 7.24. The van der Waals surface area contributed by atoms with Crippen molar-refractivity contribution < 1.29 is 18.7 Å². The number of fused-ring (bicyclic) bond motifs is 1. The minimum absolute atomic E-state index is 0.0446. The van der Waals surface area contributed by atoms with Crippen molar-refractivity contribution in [2.75, 3.05) is 37.7 Å². The third-order valence-electron chi connectivity index (χ3n) is 5.01. The number of nitrogens with two attached hydrogens (primary N) is 1. The third-order valence-corrected chi connectivity index (χ3v) is 5.01. The Morgan fingerprint density at radius 2 is 1.77 bits per heavy atom. The van der Waals surface area contributed by atoms with Crippen LogP contribution in [-0.2, 0) is 17.8 Å². The van der Waals surface area contributed by atoms with Crippen LogP contribution in [0.4, 0.5) is 5.69 Å². The van der Waals surface area contributed by atoms with Gasteiger partial charge in [0.05, 0.1) is 19.5 Å². The van der Waals surface area contributed by atoms with Gasteiger partial charge < -0.3 is 24.7 Å². The Bertz CT molecular complexity index is 820. The van der Waals surface area contributed by atoms with Crippen molar-refractivity contribution in [3.05, 3.63) is 53.0 Å². The number of furan rings is 1. The van der Waals surface area contributed by atoms with Crippen LogP contribution in [0.5, 0.6) is 0 Å². The van der Waals surface area contributed by atoms with Crippen molar-refractivity contribution >= 4 is 17.5 Å². The van der Waals surface area contributed by atoms with Crippen LogP contribution in [-0.4, -0.2) is 49.5 Å². The summed E-state index contributed by atoms with van der Waals surface area (Å²) in [6.07, 6.45) is 2.36. The molecule has 3 heterocycles. The molecule has 136 valence electrons. The smallest absolute Gasteiger partial charge is 0.289 e. The van der Waals surface area contributed by atoms with Crippen LogP contribution in [0.25, 0.3) is 0 Å². The van der Waals surface area contributed by atoms with Crippen LogP contribution in [0.15, 0.2) is 34.9 Å². The van der Waals surface area contributed by atoms with Gasteiger partial charge in [-0.25, -0.2) is 0 Å². The Morgan fingerprint density at radius 3 is 2.46 bits per heavy atom. The van der Waals surface area contributed by atoms with Crippen molar-refractivity contribution in [2.45, 2.75) is 13.0 Å². The van der Waals surface area contributed by atoms with E-state index in [9.17, 15) is 9.59 Å². The number of rotatable bonds is 3. The molecule has 26 heavy (non-hydrogen) atoms. The predicted octanol–water partition coefficient (Wildman–Crippen LogP) is 1.41. The van der Waals surface area contributed by atoms with Gasteiger partial charge in [0.2, 0.25) is 5.91 Å². The van der Waals surface area contributed by atoms with Crippen LogP contribution in [0.3, 0.4) is 0 Å². The number of ether oxygens (including phenoxy) is 1. The van der Waals surface area contributed by atoms with Crippen molar-refractivity contribution in [1.29, 1.82) is 0 Å². The topological polar surface area (TPSA) is 89.0 Å². The summed E-state index contributed by atoms with van der Waals surface area (Å²) in [7, 11) is 0. The molecule has 1 saturated heterocycles. The highest BCUT2D eigenvalue weighted by atomic mass is 16.5. The minimum Gasteiger partial charge on any atom is -0.458 e. The first-order valence-electron chi connectivity index (χ1n) is 8.74. The Labute approximate surface area is 151 Å². The first-order valence-corrected chi connectivity index (χ1v) is 8.74. The van der Waals surface area contributed by atoms with Crippen LogP contribution >= 0.6 is 0 Å². The Hall–Kier alpha value is -2.80. The standard InChI is InChI=1S/C19H21N3O4/c20-18(23)13-1-3-15(4-2-13)21-6-8-22(9-7-21)19(24)17-16-5-10-25-11-14(16)12-26-17/h1-4,12H,5-11H2,(H2,20,23). The second-order valence-electron chi connectivity index (χ2n) is 6.56. The second-order valence-corrected chi connectivity index (χ2v) is 6.56. The number of amides is 2. The number of nitrogens with zero attached hydrogens (tertiary/aromatic N) is 2. The molecule has 2 aliphatic heterocycles. The third kappa shape index (κ3) is 3.06. The van der Waals surface area contributed by atoms with E-state index in [0.29, 0.717) is 37.6 Å². The van der Waals surface area contributed by atoms with E-state index in [2.05, 4.69) is 4.90 Å². The molecule has 2 aromatic rings. The number of benzene rings is 1. The van der Waals surface area contributed by atoms with Crippen molar-refractivity contribution in [2.24, 2.45) is 5.73 Å². The molecule has 0 bridgehead atoms. The van der Waals surface area contributed by atoms with Crippen LogP contribution in [0.1, 0.15) is 32.0 Å². The molecule has 2 aliphatic rings. The number of anilines is 1. The lowest BCUT2D eigenvalue weighted by atomic mass is 10.1. The van der Waals surface area contributed by atoms with Crippen molar-refractivity contribution in [3.8, 4) is 0 Å². The lowest BCUT2D eigenvalue weighted by Crippen LogP contribution is -2.49. The molecule has 1 aromatic heterocycles. The molecule has 0 atom stereocenters. The first kappa shape index (κ1) is 16.7. The number of carbonyl (C=O) groups is 2. The highest BCUT2D eigenvalue weighted by Crippen LogP contribution is 2.25. The van der Waals surface area contributed by atoms with E-state index in [1.807, 2.05) is 17.0 Å². The highest BCUT2D eigenvalue weighted by molar-refractivity contribution is 5.94. The minimum atomic E-state index is -0.431. The summed E-state index contributed by atoms with van der Waals surface area (Å²) in [5.74, 6) is -0.0152. The van der Waals surface area contributed by atoms with Crippen molar-refractivity contribution in [3.63, 3.8) is 0 Å². The fraction of sp³-hybridized carbons (Fsp3) is 0.368. The summed E-state index contributed by atoms with van der Waals surface area (Å²) in [5, 5.41) is 0. The molecular formula is C19H21N3O4. The molecule has 0 unspecified atom stereocenters. The van der Waals surface area contributed by atoms with Gasteiger partial charge in [0.15, 0.2) is 5.76 Å². The molecular weight excluding hydrogens is 334 g/mol. The van der Waals surface area contributed by atoms with Gasteiger partial charge in [-0.05, 0) is 24.3 Å². The molecule has 7 heteroatoms. The molecule has 0 radical (unpaired) electrons. The van der Waals surface area contributed by atoms with E-state index in [0.717, 1.165) is 36.3 Å². The van der Waals surface area contributed by atoms with Gasteiger partial charge >= 0.3 is 0 Å². The zero-order valence-corrected chi connectivity index (χ0v) is 14.4. The lowest BCUT2D eigenvalue weighted by molar-refractivity contribution is 0.0710. The summed E-state index contributed by atoms with van der Waals surface area (Å²) in [6.45, 7) is 3.86. The molecule has 4 rings (SSSR count). The average Bonchev–Trinajstić information content (AvgIpc) is 3.12. The largest absolute Gasteiger partial charge is 0.458 e. The summed E-state index contributed by atoms with van der Waals surface area (Å²) < 4.78 is 11.0. The average molecular weight is 355 g/mol. The van der Waals surface area contributed by atoms with Gasteiger partial charge in [-0.1, -0.05) is 0 Å². The van der Waals surface area contributed by atoms with Gasteiger partial charge in [-0.15, -0.1) is 0 Å². The van der Waals surface area contributed by atoms with Gasteiger partial charge in [0, 0.05) is 55.0 Å². The maximum atomic E-state index is 12.8. The lowest BCUT2D eigenvalue weighted by Gasteiger charge is -2.36. The molecule has 1 aromatic carbocycles. The molecule has 7 nitrogen and oxygen atoms in total. The van der Waals surface area contributed by atoms with Gasteiger partial charge in [-0.3, -0.25) is 9.59 Å². The zero-order valence-electron chi connectivity index (χ0n) is 14.4. The predicted molar refractivity (Wildman–Crippen MR) is 95.1 cm³/mol. The van der Waals surface area contributed by atoms with Gasteiger partial charge in [-0.2, -0.15) is 0 Å². The number of piperazine rings is 1. The Kier molecular flexibility index (Phi) is 4.38.